The number of hydrogen-bond acceptors (Lipinski definition) is 7. The molecule has 0 unspecified atom stereocenters. The Morgan fingerprint density at radius 2 is 1.87 bits per heavy atom. The van der Waals surface area contributed by atoms with Gasteiger partial charge in [-0.3, -0.25) is 4.79 Å². The van der Waals surface area contributed by atoms with E-state index in [1.807, 2.05) is 0 Å². The molecule has 2 saturated heterocycles. The zero-order valence-corrected chi connectivity index (χ0v) is 14.4. The van der Waals surface area contributed by atoms with Crippen LogP contribution in [-0.2, 0) is 23.7 Å². The van der Waals surface area contributed by atoms with Crippen LogP contribution in [0, 0.1) is 5.41 Å². The van der Waals surface area contributed by atoms with E-state index in [0.717, 1.165) is 0 Å². The molecule has 0 aliphatic carbocycles. The second kappa shape index (κ2) is 6.64. The van der Waals surface area contributed by atoms with Gasteiger partial charge in [0.25, 0.3) is 0 Å². The Morgan fingerprint density at radius 1 is 1.26 bits per heavy atom. The van der Waals surface area contributed by atoms with Crippen molar-refractivity contribution in [3.63, 3.8) is 0 Å². The van der Waals surface area contributed by atoms with Crippen LogP contribution in [0.25, 0.3) is 0 Å². The lowest BCUT2D eigenvalue weighted by Gasteiger charge is -2.25. The van der Waals surface area contributed by atoms with Crippen LogP contribution in [0.15, 0.2) is 0 Å². The third kappa shape index (κ3) is 4.42. The van der Waals surface area contributed by atoms with Gasteiger partial charge in [0.05, 0.1) is 18.1 Å². The van der Waals surface area contributed by atoms with Crippen LogP contribution < -0.4 is 0 Å². The van der Waals surface area contributed by atoms with Crippen LogP contribution in [0.2, 0.25) is 0 Å². The topological polar surface area (TPSA) is 94.5 Å². The third-order valence-electron chi connectivity index (χ3n) is 3.93. The van der Waals surface area contributed by atoms with Gasteiger partial charge in [0.15, 0.2) is 12.1 Å². The molecule has 2 rings (SSSR count). The van der Waals surface area contributed by atoms with Crippen molar-refractivity contribution in [1.82, 2.24) is 0 Å². The van der Waals surface area contributed by atoms with Crippen molar-refractivity contribution in [2.45, 2.75) is 84.0 Å². The standard InChI is InChI=1S/C16H28O7/c1-15(2,3)14(19)20-8-6-7-9(17)10-11-12(13(18)21-10)23-16(4,5)22-11/h9-13,17-18H,6-8H2,1-5H3/t9-,10+,11-,12-,13-/m0/s1. The first-order chi connectivity index (χ1) is 10.5. The number of rotatable bonds is 5. The number of hydrogen-bond donors (Lipinski definition) is 2. The summed E-state index contributed by atoms with van der Waals surface area (Å²) < 4.78 is 21.8. The maximum Gasteiger partial charge on any atom is 0.311 e. The quantitative estimate of drug-likeness (QED) is 0.572. The van der Waals surface area contributed by atoms with Crippen molar-refractivity contribution in [2.75, 3.05) is 6.61 Å². The monoisotopic (exact) mass is 332 g/mol. The molecule has 2 aliphatic rings. The van der Waals surface area contributed by atoms with Gasteiger partial charge in [0.1, 0.15) is 18.3 Å². The molecule has 0 saturated carbocycles. The van der Waals surface area contributed by atoms with Crippen molar-refractivity contribution in [1.29, 1.82) is 0 Å². The van der Waals surface area contributed by atoms with Crippen LogP contribution in [0.4, 0.5) is 0 Å². The Morgan fingerprint density at radius 3 is 2.48 bits per heavy atom. The van der Waals surface area contributed by atoms with Crippen molar-refractivity contribution in [2.24, 2.45) is 5.41 Å². The van der Waals surface area contributed by atoms with E-state index in [1.54, 1.807) is 34.6 Å². The highest BCUT2D eigenvalue weighted by atomic mass is 16.8. The van der Waals surface area contributed by atoms with E-state index in [-0.39, 0.29) is 12.6 Å². The lowest BCUT2D eigenvalue weighted by molar-refractivity contribution is -0.230. The average Bonchev–Trinajstić information content (AvgIpc) is 2.88. The van der Waals surface area contributed by atoms with E-state index >= 15 is 0 Å². The second-order valence-electron chi connectivity index (χ2n) is 7.65. The Balaban J connectivity index is 1.78. The minimum Gasteiger partial charge on any atom is -0.465 e. The van der Waals surface area contributed by atoms with Crippen LogP contribution in [0.1, 0.15) is 47.5 Å². The number of aliphatic hydroxyl groups is 2. The van der Waals surface area contributed by atoms with E-state index < -0.39 is 41.9 Å². The molecule has 2 heterocycles. The maximum absolute atomic E-state index is 11.7. The van der Waals surface area contributed by atoms with Crippen molar-refractivity contribution in [3.8, 4) is 0 Å². The number of carbonyl (C=O) groups excluding carboxylic acids is 1. The fraction of sp³-hybridized carbons (Fsp3) is 0.938. The summed E-state index contributed by atoms with van der Waals surface area (Å²) in [6.07, 6.45) is -2.82. The number of esters is 1. The lowest BCUT2D eigenvalue weighted by Crippen LogP contribution is -2.38. The molecule has 7 nitrogen and oxygen atoms in total. The van der Waals surface area contributed by atoms with Gasteiger partial charge in [-0.2, -0.15) is 0 Å². The summed E-state index contributed by atoms with van der Waals surface area (Å²) in [4.78, 5) is 11.7. The molecule has 0 amide bonds. The van der Waals surface area contributed by atoms with Gasteiger partial charge in [-0.25, -0.2) is 0 Å². The molecule has 0 aromatic carbocycles. The van der Waals surface area contributed by atoms with Crippen LogP contribution >= 0.6 is 0 Å². The number of ether oxygens (including phenoxy) is 4. The largest absolute Gasteiger partial charge is 0.465 e. The Labute approximate surface area is 136 Å². The molecular formula is C16H28O7. The Kier molecular flexibility index (Phi) is 5.37. The predicted octanol–water partition coefficient (Wildman–Crippen LogP) is 0.954. The van der Waals surface area contributed by atoms with Crippen LogP contribution in [0.3, 0.4) is 0 Å². The van der Waals surface area contributed by atoms with E-state index in [1.165, 1.54) is 0 Å². The Bertz CT molecular complexity index is 429. The van der Waals surface area contributed by atoms with Crippen LogP contribution in [-0.4, -0.2) is 59.3 Å². The molecule has 0 bridgehead atoms. The zero-order valence-electron chi connectivity index (χ0n) is 14.4. The van der Waals surface area contributed by atoms with E-state index in [9.17, 15) is 15.0 Å². The van der Waals surface area contributed by atoms with Gasteiger partial charge in [-0.1, -0.05) is 0 Å². The third-order valence-corrected chi connectivity index (χ3v) is 3.93. The predicted molar refractivity (Wildman–Crippen MR) is 80.4 cm³/mol. The molecule has 2 fully saturated rings. The van der Waals surface area contributed by atoms with E-state index in [2.05, 4.69) is 0 Å². The maximum atomic E-state index is 11.7. The highest BCUT2D eigenvalue weighted by Crippen LogP contribution is 2.39. The molecule has 7 heteroatoms. The molecule has 0 aromatic rings. The van der Waals surface area contributed by atoms with Gasteiger partial charge in [0, 0.05) is 0 Å². The molecule has 2 aliphatic heterocycles. The summed E-state index contributed by atoms with van der Waals surface area (Å²) in [5, 5.41) is 20.2. The second-order valence-corrected chi connectivity index (χ2v) is 7.65. The molecule has 134 valence electrons. The lowest BCUT2D eigenvalue weighted by atomic mass is 9.97. The number of fused-ring (bicyclic) bond motifs is 1. The SMILES string of the molecule is CC1(C)O[C@H]2[C@@H]([C@@H](O)CCCOC(=O)C(C)(C)C)O[C@H](O)[C@H]2O1. The first-order valence-corrected chi connectivity index (χ1v) is 8.06. The normalized spacial score (nSPS) is 34.2. The molecule has 5 atom stereocenters. The van der Waals surface area contributed by atoms with Crippen molar-refractivity contribution < 1.29 is 34.0 Å². The Hall–Kier alpha value is -0.730. The van der Waals surface area contributed by atoms with E-state index in [4.69, 9.17) is 18.9 Å². The summed E-state index contributed by atoms with van der Waals surface area (Å²) in [6.45, 7) is 9.12. The minimum absolute atomic E-state index is 0.235. The van der Waals surface area contributed by atoms with E-state index in [0.29, 0.717) is 12.8 Å². The van der Waals surface area contributed by atoms with Crippen molar-refractivity contribution >= 4 is 5.97 Å². The van der Waals surface area contributed by atoms with Crippen LogP contribution in [0.5, 0.6) is 0 Å². The summed E-state index contributed by atoms with van der Waals surface area (Å²) in [6, 6.07) is 0. The summed E-state index contributed by atoms with van der Waals surface area (Å²) in [5.74, 6) is -1.07. The first-order valence-electron chi connectivity index (χ1n) is 8.06. The highest BCUT2D eigenvalue weighted by molar-refractivity contribution is 5.75. The molecule has 0 radical (unpaired) electrons. The number of aliphatic hydroxyl groups excluding tert-OH is 2. The summed E-state index contributed by atoms with van der Waals surface area (Å²) in [7, 11) is 0. The van der Waals surface area contributed by atoms with Gasteiger partial charge < -0.3 is 29.2 Å². The van der Waals surface area contributed by atoms with Gasteiger partial charge >= 0.3 is 5.97 Å². The molecule has 2 N–H and O–H groups in total. The van der Waals surface area contributed by atoms with Gasteiger partial charge in [-0.15, -0.1) is 0 Å². The first kappa shape index (κ1) is 18.6. The smallest absolute Gasteiger partial charge is 0.311 e. The minimum atomic E-state index is -1.11. The van der Waals surface area contributed by atoms with Crippen molar-refractivity contribution in [3.05, 3.63) is 0 Å². The molecular weight excluding hydrogens is 304 g/mol. The molecule has 23 heavy (non-hydrogen) atoms. The van der Waals surface area contributed by atoms with Gasteiger partial charge in [-0.05, 0) is 47.5 Å². The fourth-order valence-electron chi connectivity index (χ4n) is 2.76. The number of carbonyl (C=O) groups is 1. The highest BCUT2D eigenvalue weighted by Gasteiger charge is 2.56. The van der Waals surface area contributed by atoms with Gasteiger partial charge in [0.2, 0.25) is 0 Å². The molecule has 0 spiro atoms. The molecule has 0 aromatic heterocycles. The zero-order chi connectivity index (χ0) is 17.4. The summed E-state index contributed by atoms with van der Waals surface area (Å²) >= 11 is 0. The average molecular weight is 332 g/mol. The fourth-order valence-corrected chi connectivity index (χ4v) is 2.76. The summed E-state index contributed by atoms with van der Waals surface area (Å²) in [5.41, 5.74) is -0.537.